The molecule has 0 unspecified atom stereocenters. The highest BCUT2D eigenvalue weighted by atomic mass is 32.2. The number of thioether (sulfide) groups is 1. The summed E-state index contributed by atoms with van der Waals surface area (Å²) < 4.78 is 2.20. The largest absolute Gasteiger partial charge is 0.352 e. The van der Waals surface area contributed by atoms with E-state index in [1.165, 1.54) is 5.56 Å². The Kier molecular flexibility index (Phi) is 7.48. The van der Waals surface area contributed by atoms with Gasteiger partial charge in [0.15, 0.2) is 5.16 Å². The third-order valence-electron chi connectivity index (χ3n) is 4.40. The van der Waals surface area contributed by atoms with Gasteiger partial charge in [0.1, 0.15) is 5.82 Å². The fraction of sp³-hybridized carbons (Fsp3) is 0.571. The second kappa shape index (κ2) is 9.40. The van der Waals surface area contributed by atoms with Gasteiger partial charge in [-0.3, -0.25) is 4.79 Å². The van der Waals surface area contributed by atoms with Gasteiger partial charge in [-0.1, -0.05) is 58.5 Å². The van der Waals surface area contributed by atoms with E-state index in [1.54, 1.807) is 11.8 Å². The van der Waals surface area contributed by atoms with Crippen LogP contribution in [-0.2, 0) is 18.4 Å². The van der Waals surface area contributed by atoms with Gasteiger partial charge in [-0.05, 0) is 41.7 Å². The quantitative estimate of drug-likeness (QED) is 0.540. The van der Waals surface area contributed by atoms with Crippen LogP contribution in [0.2, 0.25) is 0 Å². The Hall–Kier alpha value is -1.82. The van der Waals surface area contributed by atoms with Crippen molar-refractivity contribution in [2.75, 3.05) is 12.8 Å². The first-order valence-electron chi connectivity index (χ1n) is 9.57. The van der Waals surface area contributed by atoms with E-state index in [2.05, 4.69) is 54.7 Å². The minimum absolute atomic E-state index is 0.0242. The summed E-state index contributed by atoms with van der Waals surface area (Å²) in [5.74, 6) is 1.52. The molecule has 1 heterocycles. The molecule has 0 fully saturated rings. The zero-order valence-electron chi connectivity index (χ0n) is 17.4. The third kappa shape index (κ3) is 6.09. The summed E-state index contributed by atoms with van der Waals surface area (Å²) in [4.78, 5) is 12.3. The van der Waals surface area contributed by atoms with Crippen LogP contribution in [0.5, 0.6) is 0 Å². The summed E-state index contributed by atoms with van der Waals surface area (Å²) in [7, 11) is 0. The molecular weight excluding hydrogens is 356 g/mol. The summed E-state index contributed by atoms with van der Waals surface area (Å²) in [5.41, 5.74) is 2.03. The molecule has 2 aromatic rings. The molecule has 0 saturated heterocycles. The molecule has 5 nitrogen and oxygen atoms in total. The maximum Gasteiger partial charge on any atom is 0.251 e. The van der Waals surface area contributed by atoms with Gasteiger partial charge in [-0.2, -0.15) is 0 Å². The van der Waals surface area contributed by atoms with Gasteiger partial charge in [0.25, 0.3) is 5.91 Å². The highest BCUT2D eigenvalue weighted by molar-refractivity contribution is 7.98. The van der Waals surface area contributed by atoms with Crippen LogP contribution in [0, 0.1) is 5.92 Å². The van der Waals surface area contributed by atoms with Crippen molar-refractivity contribution in [3.63, 3.8) is 0 Å². The van der Waals surface area contributed by atoms with Crippen molar-refractivity contribution >= 4 is 17.7 Å². The standard InChI is InChI=1S/C21H32N4OS/c1-15(2)14-25-18(23-24-20(25)27-6)8-7-13-22-19(26)16-9-11-17(12-10-16)21(3,4)5/h9-12,15H,7-8,13-14H2,1-6H3,(H,22,26). The van der Waals surface area contributed by atoms with Crippen molar-refractivity contribution in [2.24, 2.45) is 5.92 Å². The second-order valence-corrected chi connectivity index (χ2v) is 9.07. The van der Waals surface area contributed by atoms with Gasteiger partial charge in [0, 0.05) is 25.1 Å². The van der Waals surface area contributed by atoms with E-state index in [4.69, 9.17) is 0 Å². The number of carbonyl (C=O) groups excluding carboxylic acids is 1. The van der Waals surface area contributed by atoms with Crippen molar-refractivity contribution in [3.05, 3.63) is 41.2 Å². The fourth-order valence-corrected chi connectivity index (χ4v) is 3.40. The van der Waals surface area contributed by atoms with Crippen LogP contribution in [-0.4, -0.2) is 33.5 Å². The van der Waals surface area contributed by atoms with E-state index < -0.39 is 0 Å². The van der Waals surface area contributed by atoms with Crippen molar-refractivity contribution in [2.45, 2.75) is 64.6 Å². The lowest BCUT2D eigenvalue weighted by molar-refractivity contribution is 0.0953. The van der Waals surface area contributed by atoms with E-state index in [9.17, 15) is 4.79 Å². The summed E-state index contributed by atoms with van der Waals surface area (Å²) >= 11 is 1.62. The van der Waals surface area contributed by atoms with Crippen molar-refractivity contribution in [1.29, 1.82) is 0 Å². The molecule has 0 radical (unpaired) electrons. The minimum Gasteiger partial charge on any atom is -0.352 e. The van der Waals surface area contributed by atoms with Crippen LogP contribution in [0.1, 0.15) is 62.8 Å². The van der Waals surface area contributed by atoms with Crippen LogP contribution in [0.3, 0.4) is 0 Å². The number of carbonyl (C=O) groups is 1. The maximum absolute atomic E-state index is 12.3. The molecule has 6 heteroatoms. The number of aryl methyl sites for hydroxylation is 1. The zero-order chi connectivity index (χ0) is 20.0. The number of nitrogens with zero attached hydrogens (tertiary/aromatic N) is 3. The van der Waals surface area contributed by atoms with Crippen molar-refractivity contribution in [1.82, 2.24) is 20.1 Å². The van der Waals surface area contributed by atoms with Gasteiger partial charge in [0.2, 0.25) is 0 Å². The molecule has 0 atom stereocenters. The van der Waals surface area contributed by atoms with E-state index in [0.29, 0.717) is 18.0 Å². The van der Waals surface area contributed by atoms with Gasteiger partial charge in [-0.15, -0.1) is 10.2 Å². The van der Waals surface area contributed by atoms with Crippen LogP contribution in [0.15, 0.2) is 29.4 Å². The minimum atomic E-state index is -0.0242. The number of hydrogen-bond donors (Lipinski definition) is 1. The predicted octanol–water partition coefficient (Wildman–Crippen LogP) is 4.32. The second-order valence-electron chi connectivity index (χ2n) is 8.29. The molecule has 148 valence electrons. The number of aromatic nitrogens is 3. The maximum atomic E-state index is 12.3. The van der Waals surface area contributed by atoms with E-state index in [-0.39, 0.29) is 11.3 Å². The number of benzene rings is 1. The Morgan fingerprint density at radius 1 is 1.19 bits per heavy atom. The molecule has 0 saturated carbocycles. The number of hydrogen-bond acceptors (Lipinski definition) is 4. The first-order valence-corrected chi connectivity index (χ1v) is 10.8. The van der Waals surface area contributed by atoms with E-state index >= 15 is 0 Å². The molecule has 2 rings (SSSR count). The van der Waals surface area contributed by atoms with Crippen molar-refractivity contribution < 1.29 is 4.79 Å². The van der Waals surface area contributed by atoms with E-state index in [0.717, 1.165) is 30.4 Å². The summed E-state index contributed by atoms with van der Waals surface area (Å²) in [6, 6.07) is 7.88. The van der Waals surface area contributed by atoms with Crippen LogP contribution < -0.4 is 5.32 Å². The molecular formula is C21H32N4OS. The Morgan fingerprint density at radius 2 is 1.85 bits per heavy atom. The summed E-state index contributed by atoms with van der Waals surface area (Å²) in [6.45, 7) is 12.4. The van der Waals surface area contributed by atoms with Gasteiger partial charge >= 0.3 is 0 Å². The van der Waals surface area contributed by atoms with Crippen LogP contribution in [0.4, 0.5) is 0 Å². The highest BCUT2D eigenvalue weighted by Crippen LogP contribution is 2.22. The van der Waals surface area contributed by atoms with Gasteiger partial charge in [-0.25, -0.2) is 0 Å². The highest BCUT2D eigenvalue weighted by Gasteiger charge is 2.15. The van der Waals surface area contributed by atoms with Crippen LogP contribution >= 0.6 is 11.8 Å². The van der Waals surface area contributed by atoms with Gasteiger partial charge in [0.05, 0.1) is 0 Å². The third-order valence-corrected chi connectivity index (χ3v) is 5.07. The average molecular weight is 389 g/mol. The summed E-state index contributed by atoms with van der Waals surface area (Å²) in [5, 5.41) is 12.6. The first kappa shape index (κ1) is 21.5. The average Bonchev–Trinajstić information content (AvgIpc) is 2.99. The lowest BCUT2D eigenvalue weighted by atomic mass is 9.87. The first-order chi connectivity index (χ1) is 12.7. The summed E-state index contributed by atoms with van der Waals surface area (Å²) in [6.07, 6.45) is 3.68. The zero-order valence-corrected chi connectivity index (χ0v) is 18.2. The van der Waals surface area contributed by atoms with Crippen LogP contribution in [0.25, 0.3) is 0 Å². The molecule has 0 bridgehead atoms. The molecule has 1 aromatic heterocycles. The Morgan fingerprint density at radius 3 is 2.41 bits per heavy atom. The topological polar surface area (TPSA) is 59.8 Å². The Labute approximate surface area is 167 Å². The van der Waals surface area contributed by atoms with Gasteiger partial charge < -0.3 is 9.88 Å². The lowest BCUT2D eigenvalue weighted by Gasteiger charge is -2.19. The molecule has 1 aromatic carbocycles. The molecule has 0 spiro atoms. The van der Waals surface area contributed by atoms with Crippen molar-refractivity contribution in [3.8, 4) is 0 Å². The molecule has 0 aliphatic rings. The van der Waals surface area contributed by atoms with E-state index in [1.807, 2.05) is 30.5 Å². The Bertz CT molecular complexity index is 745. The fourth-order valence-electron chi connectivity index (χ4n) is 2.88. The molecule has 1 amide bonds. The number of nitrogens with one attached hydrogen (secondary N) is 1. The SMILES string of the molecule is CSc1nnc(CCCNC(=O)c2ccc(C(C)(C)C)cc2)n1CC(C)C. The number of amides is 1. The molecule has 1 N–H and O–H groups in total. The Balaban J connectivity index is 1.86. The monoisotopic (exact) mass is 388 g/mol. The normalized spacial score (nSPS) is 11.8. The molecule has 0 aliphatic heterocycles. The molecule has 27 heavy (non-hydrogen) atoms. The smallest absolute Gasteiger partial charge is 0.251 e. The lowest BCUT2D eigenvalue weighted by Crippen LogP contribution is -2.25. The number of rotatable bonds is 8. The molecule has 0 aliphatic carbocycles. The predicted molar refractivity (Wildman–Crippen MR) is 112 cm³/mol.